The van der Waals surface area contributed by atoms with Crippen LogP contribution in [0.2, 0.25) is 10.4 Å². The predicted molar refractivity (Wildman–Crippen MR) is 104 cm³/mol. The van der Waals surface area contributed by atoms with E-state index in [0.29, 0.717) is 36.8 Å². The van der Waals surface area contributed by atoms with Crippen LogP contribution >= 0.6 is 34.5 Å². The van der Waals surface area contributed by atoms with Crippen molar-refractivity contribution in [2.24, 2.45) is 0 Å². The third-order valence-electron chi connectivity index (χ3n) is 4.14. The first kappa shape index (κ1) is 20.3. The lowest BCUT2D eigenvalue weighted by Gasteiger charge is -2.07. The van der Waals surface area contributed by atoms with E-state index in [4.69, 9.17) is 23.2 Å². The van der Waals surface area contributed by atoms with Crippen LogP contribution in [-0.2, 0) is 17.7 Å². The number of hydrogen-bond acceptors (Lipinski definition) is 5. The van der Waals surface area contributed by atoms with Crippen LogP contribution in [0.1, 0.15) is 28.8 Å². The summed E-state index contributed by atoms with van der Waals surface area (Å²) in [6.07, 6.45) is 1.81. The van der Waals surface area contributed by atoms with Crippen molar-refractivity contribution in [1.82, 2.24) is 14.6 Å². The van der Waals surface area contributed by atoms with E-state index in [1.165, 1.54) is 0 Å². The van der Waals surface area contributed by atoms with Crippen molar-refractivity contribution < 1.29 is 13.5 Å². The molecule has 0 atom stereocenters. The van der Waals surface area contributed by atoms with Gasteiger partial charge in [0.05, 0.1) is 13.2 Å². The number of ether oxygens (including phenoxy) is 1. The molecule has 3 aromatic heterocycles. The number of aryl methyl sites for hydroxylation is 1. The summed E-state index contributed by atoms with van der Waals surface area (Å²) in [5.41, 5.74) is 2.62. The van der Waals surface area contributed by atoms with Crippen molar-refractivity contribution in [2.75, 3.05) is 11.9 Å². The van der Waals surface area contributed by atoms with Gasteiger partial charge in [-0.05, 0) is 60.4 Å². The molecule has 0 amide bonds. The summed E-state index contributed by atoms with van der Waals surface area (Å²) in [6.45, 7) is -0.161. The monoisotopic (exact) mass is 434 g/mol. The van der Waals surface area contributed by atoms with Gasteiger partial charge in [0, 0.05) is 4.88 Å². The molecule has 0 saturated carbocycles. The second kappa shape index (κ2) is 9.14. The smallest absolute Gasteiger partial charge is 0.345 e. The maximum atomic E-state index is 12.0. The van der Waals surface area contributed by atoms with Crippen molar-refractivity contribution in [2.45, 2.75) is 39.3 Å². The zero-order chi connectivity index (χ0) is 19.4. The number of nitrogens with one attached hydrogen (secondary N) is 1. The standard InChI is InChI=1S/C17H18Cl2F2N4OS/c1-10-12(6-2-3-7-26-17(20)21)14(18)25-13(10)15(23-16(19)24-25)22-9-11-5-4-8-27-11/h4-5,8,17H,2-3,6-7,9H2,1H3,(H,22,23,24). The number of anilines is 1. The van der Waals surface area contributed by atoms with Crippen molar-refractivity contribution in [3.05, 3.63) is 44.0 Å². The number of rotatable bonds is 9. The van der Waals surface area contributed by atoms with Crippen molar-refractivity contribution in [1.29, 1.82) is 0 Å². The summed E-state index contributed by atoms with van der Waals surface area (Å²) in [7, 11) is 0. The van der Waals surface area contributed by atoms with Gasteiger partial charge in [-0.2, -0.15) is 13.8 Å². The van der Waals surface area contributed by atoms with Crippen LogP contribution in [-0.4, -0.2) is 27.8 Å². The van der Waals surface area contributed by atoms with Gasteiger partial charge >= 0.3 is 6.61 Å². The maximum Gasteiger partial charge on any atom is 0.345 e. The van der Waals surface area contributed by atoms with E-state index in [0.717, 1.165) is 21.5 Å². The number of fused-ring (bicyclic) bond motifs is 1. The largest absolute Gasteiger partial charge is 0.363 e. The maximum absolute atomic E-state index is 12.0. The van der Waals surface area contributed by atoms with E-state index in [9.17, 15) is 8.78 Å². The Balaban J connectivity index is 1.80. The topological polar surface area (TPSA) is 51.5 Å². The van der Waals surface area contributed by atoms with Crippen LogP contribution in [0.4, 0.5) is 14.6 Å². The molecule has 0 fully saturated rings. The molecule has 0 aliphatic heterocycles. The number of unbranched alkanes of at least 4 members (excludes halogenated alkanes) is 1. The molecule has 3 aromatic rings. The van der Waals surface area contributed by atoms with Gasteiger partial charge in [0.1, 0.15) is 10.7 Å². The zero-order valence-corrected chi connectivity index (χ0v) is 16.8. The van der Waals surface area contributed by atoms with Gasteiger partial charge < -0.3 is 10.1 Å². The van der Waals surface area contributed by atoms with Crippen LogP contribution in [0.25, 0.3) is 5.52 Å². The molecule has 27 heavy (non-hydrogen) atoms. The average Bonchev–Trinajstić information content (AvgIpc) is 3.21. The molecule has 146 valence electrons. The van der Waals surface area contributed by atoms with Crippen molar-refractivity contribution in [3.8, 4) is 0 Å². The molecule has 0 aliphatic rings. The fourth-order valence-corrected chi connectivity index (χ4v) is 4.04. The van der Waals surface area contributed by atoms with Gasteiger partial charge in [-0.15, -0.1) is 16.4 Å². The summed E-state index contributed by atoms with van der Waals surface area (Å²) in [4.78, 5) is 5.47. The number of thiophene rings is 1. The third-order valence-corrected chi connectivity index (χ3v) is 5.57. The minimum absolute atomic E-state index is 0.0148. The highest BCUT2D eigenvalue weighted by Crippen LogP contribution is 2.32. The van der Waals surface area contributed by atoms with Gasteiger partial charge in [0.15, 0.2) is 5.82 Å². The zero-order valence-electron chi connectivity index (χ0n) is 14.5. The minimum Gasteiger partial charge on any atom is -0.363 e. The van der Waals surface area contributed by atoms with Gasteiger partial charge in [-0.1, -0.05) is 17.7 Å². The number of halogens is 4. The van der Waals surface area contributed by atoms with Crippen LogP contribution in [0.5, 0.6) is 0 Å². The van der Waals surface area contributed by atoms with Crippen LogP contribution < -0.4 is 5.32 Å². The first-order chi connectivity index (χ1) is 13.0. The Bertz CT molecular complexity index is 902. The summed E-state index contributed by atoms with van der Waals surface area (Å²) >= 11 is 14.2. The number of hydrogen-bond donors (Lipinski definition) is 1. The summed E-state index contributed by atoms with van der Waals surface area (Å²) in [6, 6.07) is 4.02. The van der Waals surface area contributed by atoms with Gasteiger partial charge in [-0.3, -0.25) is 0 Å². The first-order valence-electron chi connectivity index (χ1n) is 8.36. The molecule has 1 N–H and O–H groups in total. The van der Waals surface area contributed by atoms with E-state index in [2.05, 4.69) is 20.1 Å². The first-order valence-corrected chi connectivity index (χ1v) is 10.00. The molecule has 0 aromatic carbocycles. The predicted octanol–water partition coefficient (Wildman–Crippen LogP) is 5.58. The van der Waals surface area contributed by atoms with Crippen molar-refractivity contribution >= 4 is 45.9 Å². The highest BCUT2D eigenvalue weighted by Gasteiger charge is 2.19. The lowest BCUT2D eigenvalue weighted by atomic mass is 10.1. The normalized spacial score (nSPS) is 11.6. The van der Waals surface area contributed by atoms with Crippen LogP contribution in [0, 0.1) is 6.92 Å². The summed E-state index contributed by atoms with van der Waals surface area (Å²) < 4.78 is 29.9. The Hall–Kier alpha value is -1.48. The molecule has 0 radical (unpaired) electrons. The van der Waals surface area contributed by atoms with E-state index < -0.39 is 6.61 Å². The fourth-order valence-electron chi connectivity index (χ4n) is 2.88. The molecule has 5 nitrogen and oxygen atoms in total. The van der Waals surface area contributed by atoms with E-state index in [1.54, 1.807) is 15.9 Å². The Kier molecular flexibility index (Phi) is 6.86. The van der Waals surface area contributed by atoms with Gasteiger partial charge in [0.25, 0.3) is 0 Å². The number of aromatic nitrogens is 3. The summed E-state index contributed by atoms with van der Waals surface area (Å²) in [5, 5.41) is 10.1. The molecular formula is C17H18Cl2F2N4OS. The molecule has 0 bridgehead atoms. The lowest BCUT2D eigenvalue weighted by Crippen LogP contribution is -2.05. The average molecular weight is 435 g/mol. The Labute approximate surface area is 169 Å². The second-order valence-electron chi connectivity index (χ2n) is 5.91. The van der Waals surface area contributed by atoms with E-state index in [1.807, 2.05) is 24.4 Å². The quantitative estimate of drug-likeness (QED) is 0.446. The Morgan fingerprint density at radius 2 is 2.15 bits per heavy atom. The second-order valence-corrected chi connectivity index (χ2v) is 7.63. The lowest BCUT2D eigenvalue weighted by molar-refractivity contribution is -0.129. The Morgan fingerprint density at radius 3 is 2.85 bits per heavy atom. The van der Waals surface area contributed by atoms with Crippen LogP contribution in [0.15, 0.2) is 17.5 Å². The summed E-state index contributed by atoms with van der Waals surface area (Å²) in [5.74, 6) is 0.607. The van der Waals surface area contributed by atoms with Gasteiger partial charge in [-0.25, -0.2) is 4.52 Å². The molecule has 0 unspecified atom stereocenters. The highest BCUT2D eigenvalue weighted by molar-refractivity contribution is 7.09. The van der Waals surface area contributed by atoms with Crippen LogP contribution in [0.3, 0.4) is 0 Å². The molecule has 10 heteroatoms. The molecule has 0 saturated heterocycles. The number of nitrogens with zero attached hydrogens (tertiary/aromatic N) is 3. The molecule has 3 heterocycles. The highest BCUT2D eigenvalue weighted by atomic mass is 35.5. The van der Waals surface area contributed by atoms with E-state index in [-0.39, 0.29) is 11.9 Å². The van der Waals surface area contributed by atoms with Gasteiger partial charge in [0.2, 0.25) is 5.28 Å². The minimum atomic E-state index is -2.73. The molecular weight excluding hydrogens is 417 g/mol. The SMILES string of the molecule is Cc1c(CCCCOC(F)F)c(Cl)n2nc(Cl)nc(NCc3cccs3)c12. The molecule has 0 spiro atoms. The number of alkyl halides is 2. The third kappa shape index (κ3) is 4.87. The molecule has 0 aliphatic carbocycles. The van der Waals surface area contributed by atoms with E-state index >= 15 is 0 Å². The fraction of sp³-hybridized carbons (Fsp3) is 0.412. The van der Waals surface area contributed by atoms with Crippen molar-refractivity contribution in [3.63, 3.8) is 0 Å². The molecule has 3 rings (SSSR count). The Morgan fingerprint density at radius 1 is 1.33 bits per heavy atom.